The van der Waals surface area contributed by atoms with E-state index in [1.807, 2.05) is 68.7 Å². The molecule has 0 saturated heterocycles. The number of aromatic nitrogens is 2. The Bertz CT molecular complexity index is 1040. The lowest BCUT2D eigenvalue weighted by molar-refractivity contribution is 0.293. The second-order valence-electron chi connectivity index (χ2n) is 6.94. The summed E-state index contributed by atoms with van der Waals surface area (Å²) in [4.78, 5) is 2.27. The van der Waals surface area contributed by atoms with Gasteiger partial charge in [-0.25, -0.2) is 13.1 Å². The van der Waals surface area contributed by atoms with Gasteiger partial charge in [0.2, 0.25) is 0 Å². The van der Waals surface area contributed by atoms with Crippen molar-refractivity contribution in [3.8, 4) is 5.69 Å². The van der Waals surface area contributed by atoms with Crippen LogP contribution < -0.4 is 4.31 Å². The molecule has 0 fully saturated rings. The van der Waals surface area contributed by atoms with E-state index in [1.54, 1.807) is 10.9 Å². The third-order valence-electron chi connectivity index (χ3n) is 4.99. The van der Waals surface area contributed by atoms with Gasteiger partial charge in [-0.05, 0) is 44.3 Å². The smallest absolute Gasteiger partial charge is 0.267 e. The maximum absolute atomic E-state index is 13.4. The summed E-state index contributed by atoms with van der Waals surface area (Å²) >= 11 is 0. The van der Waals surface area contributed by atoms with E-state index < -0.39 is 10.0 Å². The van der Waals surface area contributed by atoms with Gasteiger partial charge in [-0.3, -0.25) is 4.31 Å². The molecule has 0 N–H and O–H groups in total. The van der Waals surface area contributed by atoms with Crippen LogP contribution in [0.15, 0.2) is 71.9 Å². The minimum Gasteiger partial charge on any atom is -0.304 e. The van der Waals surface area contributed by atoms with Crippen LogP contribution in [0, 0.1) is 0 Å². The molecular weight excluding hydrogens is 360 g/mol. The van der Waals surface area contributed by atoms with Crippen molar-refractivity contribution in [3.63, 3.8) is 0 Å². The Morgan fingerprint density at radius 1 is 1.04 bits per heavy atom. The summed E-state index contributed by atoms with van der Waals surface area (Å²) in [5.74, 6) is 0. The molecule has 0 radical (unpaired) electrons. The molecule has 0 aliphatic carbocycles. The molecule has 1 aromatic heterocycles. The molecule has 0 spiro atoms. The normalized spacial score (nSPS) is 17.1. The summed E-state index contributed by atoms with van der Waals surface area (Å²) in [6.45, 7) is 0.420. The maximum atomic E-state index is 13.4. The molecule has 1 aliphatic heterocycles. The molecule has 4 rings (SSSR count). The number of anilines is 1. The van der Waals surface area contributed by atoms with E-state index in [-0.39, 0.29) is 10.9 Å². The fraction of sp³-hybridized carbons (Fsp3) is 0.250. The van der Waals surface area contributed by atoms with E-state index in [0.29, 0.717) is 6.54 Å². The average Bonchev–Trinajstić information content (AvgIpc) is 3.19. The summed E-state index contributed by atoms with van der Waals surface area (Å²) in [5, 5.41) is 4.26. The first-order chi connectivity index (χ1) is 13.0. The Morgan fingerprint density at radius 3 is 2.48 bits per heavy atom. The van der Waals surface area contributed by atoms with Crippen molar-refractivity contribution in [1.29, 1.82) is 0 Å². The van der Waals surface area contributed by atoms with Crippen LogP contribution in [-0.2, 0) is 16.4 Å². The highest BCUT2D eigenvalue weighted by atomic mass is 32.2. The monoisotopic (exact) mass is 382 g/mol. The molecule has 2 aromatic carbocycles. The zero-order chi connectivity index (χ0) is 19.0. The van der Waals surface area contributed by atoms with E-state index >= 15 is 0 Å². The van der Waals surface area contributed by atoms with Crippen molar-refractivity contribution < 1.29 is 8.42 Å². The van der Waals surface area contributed by atoms with Crippen LogP contribution >= 0.6 is 0 Å². The number of rotatable bonds is 4. The van der Waals surface area contributed by atoms with Crippen LogP contribution in [0.5, 0.6) is 0 Å². The number of fused-ring (bicyclic) bond motifs is 1. The highest BCUT2D eigenvalue weighted by Crippen LogP contribution is 2.33. The van der Waals surface area contributed by atoms with Gasteiger partial charge in [-0.15, -0.1) is 0 Å². The fourth-order valence-corrected chi connectivity index (χ4v) is 4.87. The van der Waals surface area contributed by atoms with Gasteiger partial charge in [0.1, 0.15) is 4.90 Å². The van der Waals surface area contributed by atoms with Crippen molar-refractivity contribution in [1.82, 2.24) is 14.7 Å². The van der Waals surface area contributed by atoms with Crippen molar-refractivity contribution in [2.24, 2.45) is 0 Å². The lowest BCUT2D eigenvalue weighted by atomic mass is 9.99. The van der Waals surface area contributed by atoms with Crippen LogP contribution in [0.4, 0.5) is 5.69 Å². The Morgan fingerprint density at radius 2 is 1.74 bits per heavy atom. The summed E-state index contributed by atoms with van der Waals surface area (Å²) in [6, 6.07) is 17.3. The zero-order valence-electron chi connectivity index (χ0n) is 15.4. The largest absolute Gasteiger partial charge is 0.304 e. The predicted octanol–water partition coefficient (Wildman–Crippen LogP) is 2.55. The molecule has 27 heavy (non-hydrogen) atoms. The highest BCUT2D eigenvalue weighted by molar-refractivity contribution is 7.92. The molecule has 7 heteroatoms. The second kappa shape index (κ2) is 6.83. The first kappa shape index (κ1) is 17.8. The summed E-state index contributed by atoms with van der Waals surface area (Å²) < 4.78 is 29.9. The molecule has 140 valence electrons. The van der Waals surface area contributed by atoms with Crippen LogP contribution in [0.25, 0.3) is 5.69 Å². The topological polar surface area (TPSA) is 58.4 Å². The highest BCUT2D eigenvalue weighted by Gasteiger charge is 2.34. The molecule has 0 amide bonds. The Kier molecular flexibility index (Phi) is 4.49. The minimum absolute atomic E-state index is 0.124. The summed E-state index contributed by atoms with van der Waals surface area (Å²) in [7, 11) is 0.260. The quantitative estimate of drug-likeness (QED) is 0.696. The van der Waals surface area contributed by atoms with Crippen molar-refractivity contribution >= 4 is 15.7 Å². The second-order valence-corrected chi connectivity index (χ2v) is 8.80. The van der Waals surface area contributed by atoms with E-state index in [1.165, 1.54) is 10.5 Å². The molecular formula is C20H22N4O2S. The third kappa shape index (κ3) is 3.24. The standard InChI is InChI=1S/C20H22N4O2S/c1-22(2)18-12-16-8-6-7-11-20(16)24(14-18)27(25,26)19-13-21-23(15-19)17-9-4-3-5-10-17/h3-11,13,15,18H,12,14H2,1-2H3. The molecule has 0 saturated carbocycles. The van der Waals surface area contributed by atoms with Crippen LogP contribution in [0.1, 0.15) is 5.56 Å². The number of likely N-dealkylation sites (N-methyl/N-ethyl adjacent to an activating group) is 1. The van der Waals surface area contributed by atoms with Gasteiger partial charge < -0.3 is 4.90 Å². The third-order valence-corrected chi connectivity index (χ3v) is 6.72. The summed E-state index contributed by atoms with van der Waals surface area (Å²) in [5.41, 5.74) is 2.62. The molecule has 3 aromatic rings. The molecule has 1 atom stereocenters. The average molecular weight is 382 g/mol. The van der Waals surface area contributed by atoms with Crippen molar-refractivity contribution in [2.45, 2.75) is 17.4 Å². The molecule has 0 bridgehead atoms. The first-order valence-corrected chi connectivity index (χ1v) is 10.3. The molecule has 6 nitrogen and oxygen atoms in total. The lowest BCUT2D eigenvalue weighted by Crippen LogP contribution is -2.47. The van der Waals surface area contributed by atoms with E-state index in [4.69, 9.17) is 0 Å². The summed E-state index contributed by atoms with van der Waals surface area (Å²) in [6.07, 6.45) is 3.83. The maximum Gasteiger partial charge on any atom is 0.267 e. The van der Waals surface area contributed by atoms with Gasteiger partial charge >= 0.3 is 0 Å². The number of hydrogen-bond acceptors (Lipinski definition) is 4. The van der Waals surface area contributed by atoms with Gasteiger partial charge in [-0.2, -0.15) is 5.10 Å². The van der Waals surface area contributed by atoms with Crippen LogP contribution in [-0.4, -0.2) is 49.8 Å². The first-order valence-electron chi connectivity index (χ1n) is 8.84. The number of benzene rings is 2. The van der Waals surface area contributed by atoms with Crippen molar-refractivity contribution in [2.75, 3.05) is 24.9 Å². The van der Waals surface area contributed by atoms with E-state index in [2.05, 4.69) is 10.00 Å². The van der Waals surface area contributed by atoms with Gasteiger partial charge in [0, 0.05) is 6.04 Å². The van der Waals surface area contributed by atoms with Gasteiger partial charge in [-0.1, -0.05) is 36.4 Å². The number of nitrogens with zero attached hydrogens (tertiary/aromatic N) is 4. The minimum atomic E-state index is -3.71. The number of hydrogen-bond donors (Lipinski definition) is 0. The molecule has 1 aliphatic rings. The molecule has 1 unspecified atom stereocenters. The van der Waals surface area contributed by atoms with Gasteiger partial charge in [0.15, 0.2) is 0 Å². The number of para-hydroxylation sites is 2. The SMILES string of the molecule is CN(C)C1Cc2ccccc2N(S(=O)(=O)c2cnn(-c3ccccc3)c2)C1. The van der Waals surface area contributed by atoms with E-state index in [0.717, 1.165) is 23.4 Å². The zero-order valence-corrected chi connectivity index (χ0v) is 16.2. The van der Waals surface area contributed by atoms with Gasteiger partial charge in [0.25, 0.3) is 10.0 Å². The Labute approximate surface area is 159 Å². The lowest BCUT2D eigenvalue weighted by Gasteiger charge is -2.37. The van der Waals surface area contributed by atoms with Crippen LogP contribution in [0.3, 0.4) is 0 Å². The predicted molar refractivity (Wildman–Crippen MR) is 106 cm³/mol. The Balaban J connectivity index is 1.74. The van der Waals surface area contributed by atoms with Crippen molar-refractivity contribution in [3.05, 3.63) is 72.6 Å². The van der Waals surface area contributed by atoms with Crippen LogP contribution in [0.2, 0.25) is 0 Å². The molecule has 2 heterocycles. The van der Waals surface area contributed by atoms with Gasteiger partial charge in [0.05, 0.1) is 30.3 Å². The Hall–Kier alpha value is -2.64. The fourth-order valence-electron chi connectivity index (χ4n) is 3.40. The number of sulfonamides is 1. The van der Waals surface area contributed by atoms with E-state index in [9.17, 15) is 8.42 Å².